The Bertz CT molecular complexity index is 687. The molecular formula is C18H26FN5OS. The molecule has 2 rings (SSSR count). The minimum atomic E-state index is -0.202. The molecule has 8 heteroatoms. The van der Waals surface area contributed by atoms with Crippen LogP contribution in [0.4, 0.5) is 4.39 Å². The van der Waals surface area contributed by atoms with Gasteiger partial charge in [-0.15, -0.1) is 11.8 Å². The average molecular weight is 380 g/mol. The lowest BCUT2D eigenvalue weighted by atomic mass is 10.2. The van der Waals surface area contributed by atoms with Crippen molar-refractivity contribution in [2.45, 2.75) is 37.5 Å². The largest absolute Gasteiger partial charge is 0.356 e. The van der Waals surface area contributed by atoms with Crippen molar-refractivity contribution in [3.8, 4) is 0 Å². The monoisotopic (exact) mass is 379 g/mol. The number of aliphatic imine (C=N–C) groups is 1. The first kappa shape index (κ1) is 20.2. The van der Waals surface area contributed by atoms with Crippen LogP contribution in [0.1, 0.15) is 37.9 Å². The zero-order valence-corrected chi connectivity index (χ0v) is 16.3. The van der Waals surface area contributed by atoms with Gasteiger partial charge in [-0.3, -0.25) is 4.99 Å². The second-order valence-corrected chi connectivity index (χ2v) is 7.20. The molecule has 1 heterocycles. The zero-order chi connectivity index (χ0) is 18.8. The number of thioether (sulfide) groups is 1. The minimum absolute atomic E-state index is 0.202. The van der Waals surface area contributed by atoms with Crippen LogP contribution in [0.15, 0.2) is 38.7 Å². The molecule has 26 heavy (non-hydrogen) atoms. The van der Waals surface area contributed by atoms with Crippen LogP contribution >= 0.6 is 11.8 Å². The molecule has 0 atom stereocenters. The predicted molar refractivity (Wildman–Crippen MR) is 103 cm³/mol. The average Bonchev–Trinajstić information content (AvgIpc) is 3.10. The van der Waals surface area contributed by atoms with Crippen molar-refractivity contribution in [3.05, 3.63) is 41.8 Å². The van der Waals surface area contributed by atoms with Crippen molar-refractivity contribution in [1.29, 1.82) is 0 Å². The topological polar surface area (TPSA) is 75.3 Å². The number of guanidine groups is 1. The smallest absolute Gasteiger partial charge is 0.228 e. The van der Waals surface area contributed by atoms with E-state index in [4.69, 9.17) is 4.52 Å². The summed E-state index contributed by atoms with van der Waals surface area (Å²) in [6.07, 6.45) is 1.63. The molecule has 0 aliphatic heterocycles. The number of hydrogen-bond donors (Lipinski definition) is 2. The lowest BCUT2D eigenvalue weighted by Gasteiger charge is -2.10. The molecule has 1 aromatic carbocycles. The standard InChI is InChI=1S/C18H26FN5OS/c1-13(2)17-23-16(25-24-17)9-11-22-18(20-3)21-10-4-12-26-15-7-5-14(19)6-8-15/h5-8,13H,4,9-12H2,1-3H3,(H2,20,21,22). The molecule has 0 fully saturated rings. The first-order valence-corrected chi connectivity index (χ1v) is 9.72. The van der Waals surface area contributed by atoms with Crippen molar-refractivity contribution < 1.29 is 8.91 Å². The maximum atomic E-state index is 12.9. The fourth-order valence-electron chi connectivity index (χ4n) is 2.11. The quantitative estimate of drug-likeness (QED) is 0.302. The molecule has 0 saturated carbocycles. The van der Waals surface area contributed by atoms with Crippen molar-refractivity contribution in [2.75, 3.05) is 25.9 Å². The zero-order valence-electron chi connectivity index (χ0n) is 15.5. The Morgan fingerprint density at radius 2 is 1.96 bits per heavy atom. The van der Waals surface area contributed by atoms with E-state index >= 15 is 0 Å². The highest BCUT2D eigenvalue weighted by molar-refractivity contribution is 7.99. The molecule has 0 radical (unpaired) electrons. The summed E-state index contributed by atoms with van der Waals surface area (Å²) in [5.41, 5.74) is 0. The van der Waals surface area contributed by atoms with E-state index < -0.39 is 0 Å². The van der Waals surface area contributed by atoms with Gasteiger partial charge in [0.05, 0.1) is 0 Å². The van der Waals surface area contributed by atoms with E-state index in [0.717, 1.165) is 35.4 Å². The third-order valence-electron chi connectivity index (χ3n) is 3.55. The lowest BCUT2D eigenvalue weighted by Crippen LogP contribution is -2.38. The Morgan fingerprint density at radius 1 is 1.23 bits per heavy atom. The van der Waals surface area contributed by atoms with Crippen LogP contribution in [0, 0.1) is 5.82 Å². The summed E-state index contributed by atoms with van der Waals surface area (Å²) in [5, 5.41) is 10.5. The van der Waals surface area contributed by atoms with Gasteiger partial charge in [-0.25, -0.2) is 4.39 Å². The number of aromatic nitrogens is 2. The molecule has 1 aromatic heterocycles. The fourth-order valence-corrected chi connectivity index (χ4v) is 2.97. The van der Waals surface area contributed by atoms with E-state index in [1.54, 1.807) is 30.9 Å². The molecule has 0 unspecified atom stereocenters. The van der Waals surface area contributed by atoms with E-state index in [9.17, 15) is 4.39 Å². The first-order valence-electron chi connectivity index (χ1n) is 8.74. The van der Waals surface area contributed by atoms with Gasteiger partial charge in [-0.1, -0.05) is 19.0 Å². The minimum Gasteiger partial charge on any atom is -0.356 e. The fraction of sp³-hybridized carbons (Fsp3) is 0.500. The second kappa shape index (κ2) is 10.8. The summed E-state index contributed by atoms with van der Waals surface area (Å²) in [6, 6.07) is 6.58. The van der Waals surface area contributed by atoms with E-state index in [1.807, 2.05) is 13.8 Å². The third kappa shape index (κ3) is 7.03. The molecule has 0 saturated heterocycles. The summed E-state index contributed by atoms with van der Waals surface area (Å²) in [6.45, 7) is 5.55. The molecular weight excluding hydrogens is 353 g/mol. The summed E-state index contributed by atoms with van der Waals surface area (Å²) < 4.78 is 18.1. The summed E-state index contributed by atoms with van der Waals surface area (Å²) >= 11 is 1.71. The van der Waals surface area contributed by atoms with Gasteiger partial charge >= 0.3 is 0 Å². The van der Waals surface area contributed by atoms with E-state index in [-0.39, 0.29) is 11.7 Å². The van der Waals surface area contributed by atoms with Crippen molar-refractivity contribution in [2.24, 2.45) is 4.99 Å². The Labute approximate surface area is 158 Å². The Balaban J connectivity index is 1.59. The number of benzene rings is 1. The molecule has 0 amide bonds. The molecule has 142 valence electrons. The van der Waals surface area contributed by atoms with Gasteiger partial charge in [0, 0.05) is 37.4 Å². The number of hydrogen-bond acceptors (Lipinski definition) is 5. The second-order valence-electron chi connectivity index (χ2n) is 6.03. The van der Waals surface area contributed by atoms with Gasteiger partial charge in [-0.05, 0) is 36.4 Å². The lowest BCUT2D eigenvalue weighted by molar-refractivity contribution is 0.371. The highest BCUT2D eigenvalue weighted by atomic mass is 32.2. The molecule has 0 bridgehead atoms. The van der Waals surface area contributed by atoms with Gasteiger partial charge in [0.25, 0.3) is 0 Å². The normalized spacial score (nSPS) is 11.8. The molecule has 0 aliphatic carbocycles. The van der Waals surface area contributed by atoms with Crippen molar-refractivity contribution in [1.82, 2.24) is 20.8 Å². The van der Waals surface area contributed by atoms with Gasteiger partial charge in [0.1, 0.15) is 5.82 Å². The summed E-state index contributed by atoms with van der Waals surface area (Å²) in [5.74, 6) is 3.14. The summed E-state index contributed by atoms with van der Waals surface area (Å²) in [7, 11) is 1.74. The van der Waals surface area contributed by atoms with Gasteiger partial charge in [0.2, 0.25) is 5.89 Å². The van der Waals surface area contributed by atoms with Gasteiger partial charge < -0.3 is 15.2 Å². The van der Waals surface area contributed by atoms with Crippen LogP contribution < -0.4 is 10.6 Å². The number of nitrogens with one attached hydrogen (secondary N) is 2. The Kier molecular flexibility index (Phi) is 8.40. The molecule has 0 aliphatic rings. The maximum absolute atomic E-state index is 12.9. The number of halogens is 1. The SMILES string of the molecule is CN=C(NCCCSc1ccc(F)cc1)NCCc1nc(C(C)C)no1. The predicted octanol–water partition coefficient (Wildman–Crippen LogP) is 3.22. The molecule has 2 aromatic rings. The Hall–Kier alpha value is -2.09. The van der Waals surface area contributed by atoms with E-state index in [1.165, 1.54) is 12.1 Å². The summed E-state index contributed by atoms with van der Waals surface area (Å²) in [4.78, 5) is 9.62. The highest BCUT2D eigenvalue weighted by Crippen LogP contribution is 2.18. The molecule has 2 N–H and O–H groups in total. The first-order chi connectivity index (χ1) is 12.6. The van der Waals surface area contributed by atoms with E-state index in [0.29, 0.717) is 18.9 Å². The van der Waals surface area contributed by atoms with Crippen LogP contribution in [0.3, 0.4) is 0 Å². The van der Waals surface area contributed by atoms with Crippen LogP contribution in [0.2, 0.25) is 0 Å². The number of rotatable bonds is 9. The highest BCUT2D eigenvalue weighted by Gasteiger charge is 2.09. The molecule has 6 nitrogen and oxygen atoms in total. The number of nitrogens with zero attached hydrogens (tertiary/aromatic N) is 3. The van der Waals surface area contributed by atoms with Crippen LogP contribution in [-0.2, 0) is 6.42 Å². The van der Waals surface area contributed by atoms with Crippen LogP contribution in [0.25, 0.3) is 0 Å². The Morgan fingerprint density at radius 3 is 2.62 bits per heavy atom. The van der Waals surface area contributed by atoms with Crippen molar-refractivity contribution in [3.63, 3.8) is 0 Å². The van der Waals surface area contributed by atoms with Gasteiger partial charge in [0.15, 0.2) is 11.8 Å². The van der Waals surface area contributed by atoms with E-state index in [2.05, 4.69) is 25.8 Å². The maximum Gasteiger partial charge on any atom is 0.228 e. The van der Waals surface area contributed by atoms with Crippen LogP contribution in [-0.4, -0.2) is 42.0 Å². The van der Waals surface area contributed by atoms with Crippen molar-refractivity contribution >= 4 is 17.7 Å². The van der Waals surface area contributed by atoms with Crippen LogP contribution in [0.5, 0.6) is 0 Å². The van der Waals surface area contributed by atoms with Gasteiger partial charge in [-0.2, -0.15) is 4.98 Å². The third-order valence-corrected chi connectivity index (χ3v) is 4.65. The molecule has 0 spiro atoms.